The summed E-state index contributed by atoms with van der Waals surface area (Å²) in [6.45, 7) is 0.622. The molecule has 0 heterocycles. The first kappa shape index (κ1) is 17.1. The third kappa shape index (κ3) is 4.00. The number of halogens is 4. The van der Waals surface area contributed by atoms with Gasteiger partial charge in [0.25, 0.3) is 0 Å². The van der Waals surface area contributed by atoms with Gasteiger partial charge in [0.05, 0.1) is 10.0 Å². The first-order chi connectivity index (χ1) is 9.11. The Kier molecular flexibility index (Phi) is 6.56. The second-order valence-corrected chi connectivity index (χ2v) is 4.73. The lowest BCUT2D eigenvalue weighted by Gasteiger charge is -2.08. The van der Waals surface area contributed by atoms with Crippen molar-refractivity contribution >= 4 is 35.6 Å². The van der Waals surface area contributed by atoms with Crippen LogP contribution in [-0.2, 0) is 0 Å². The summed E-state index contributed by atoms with van der Waals surface area (Å²) in [4.78, 5) is 0. The van der Waals surface area contributed by atoms with Gasteiger partial charge >= 0.3 is 0 Å². The fraction of sp³-hybridized carbons (Fsp3) is 0.143. The van der Waals surface area contributed by atoms with Gasteiger partial charge in [0.1, 0.15) is 6.61 Å². The van der Waals surface area contributed by atoms with Crippen LogP contribution in [0.15, 0.2) is 36.4 Å². The number of nitrogens with two attached hydrogens (primary N) is 1. The zero-order valence-electron chi connectivity index (χ0n) is 10.4. The summed E-state index contributed by atoms with van der Waals surface area (Å²) in [5.41, 5.74) is 6.80. The Morgan fingerprint density at radius 2 is 1.65 bits per heavy atom. The van der Waals surface area contributed by atoms with Gasteiger partial charge in [-0.15, -0.1) is 12.4 Å². The van der Waals surface area contributed by atoms with Crippen molar-refractivity contribution in [3.8, 4) is 16.9 Å². The number of ether oxygens (including phenoxy) is 1. The molecular formula is C14H13Cl3FNO. The summed E-state index contributed by atoms with van der Waals surface area (Å²) in [7, 11) is 0. The van der Waals surface area contributed by atoms with Crippen LogP contribution in [0.1, 0.15) is 0 Å². The SMILES string of the molecule is Cl.NCCOc1ccc(-c2ccc(Cl)c(Cl)c2)cc1F. The van der Waals surface area contributed by atoms with Crippen LogP contribution in [0.5, 0.6) is 5.75 Å². The summed E-state index contributed by atoms with van der Waals surface area (Å²) >= 11 is 11.8. The number of hydrogen-bond acceptors (Lipinski definition) is 2. The fourth-order valence-electron chi connectivity index (χ4n) is 1.64. The van der Waals surface area contributed by atoms with Crippen LogP contribution in [0.4, 0.5) is 4.39 Å². The highest BCUT2D eigenvalue weighted by atomic mass is 35.5. The molecule has 2 aromatic rings. The first-order valence-corrected chi connectivity index (χ1v) is 6.45. The van der Waals surface area contributed by atoms with E-state index in [0.29, 0.717) is 22.2 Å². The van der Waals surface area contributed by atoms with Crippen LogP contribution >= 0.6 is 35.6 Å². The van der Waals surface area contributed by atoms with Crippen LogP contribution in [-0.4, -0.2) is 13.2 Å². The summed E-state index contributed by atoms with van der Waals surface area (Å²) in [5, 5.41) is 0.900. The molecular weight excluding hydrogens is 324 g/mol. The average molecular weight is 337 g/mol. The summed E-state index contributed by atoms with van der Waals surface area (Å²) in [5.74, 6) is -0.244. The minimum absolute atomic E-state index is 0. The molecule has 0 spiro atoms. The molecule has 0 fully saturated rings. The largest absolute Gasteiger partial charge is 0.489 e. The van der Waals surface area contributed by atoms with E-state index in [9.17, 15) is 4.39 Å². The highest BCUT2D eigenvalue weighted by Crippen LogP contribution is 2.30. The van der Waals surface area contributed by atoms with E-state index in [1.807, 2.05) is 0 Å². The Bertz CT molecular complexity index is 593. The minimum Gasteiger partial charge on any atom is -0.489 e. The van der Waals surface area contributed by atoms with Gasteiger partial charge in [0.2, 0.25) is 0 Å². The van der Waals surface area contributed by atoms with Gasteiger partial charge in [-0.25, -0.2) is 4.39 Å². The maximum absolute atomic E-state index is 13.8. The van der Waals surface area contributed by atoms with Crippen LogP contribution in [0, 0.1) is 5.82 Å². The van der Waals surface area contributed by atoms with Crippen LogP contribution < -0.4 is 10.5 Å². The first-order valence-electron chi connectivity index (χ1n) is 5.69. The molecule has 2 rings (SSSR count). The Morgan fingerprint density at radius 1 is 1.00 bits per heavy atom. The molecule has 2 aromatic carbocycles. The molecule has 0 aliphatic carbocycles. The summed E-state index contributed by atoms with van der Waals surface area (Å²) in [6.07, 6.45) is 0. The molecule has 0 radical (unpaired) electrons. The molecule has 0 bridgehead atoms. The molecule has 0 saturated heterocycles. The fourth-order valence-corrected chi connectivity index (χ4v) is 1.94. The van der Waals surface area contributed by atoms with Crippen molar-refractivity contribution < 1.29 is 9.13 Å². The van der Waals surface area contributed by atoms with E-state index in [-0.39, 0.29) is 24.8 Å². The van der Waals surface area contributed by atoms with E-state index in [2.05, 4.69) is 0 Å². The predicted molar refractivity (Wildman–Crippen MR) is 83.7 cm³/mol. The van der Waals surface area contributed by atoms with Crippen molar-refractivity contribution in [1.82, 2.24) is 0 Å². The number of benzene rings is 2. The number of hydrogen-bond donors (Lipinski definition) is 1. The molecule has 6 heteroatoms. The van der Waals surface area contributed by atoms with Crippen molar-refractivity contribution in [2.45, 2.75) is 0 Å². The maximum Gasteiger partial charge on any atom is 0.165 e. The Labute approximate surface area is 133 Å². The Hall–Kier alpha value is -1.00. The van der Waals surface area contributed by atoms with Crippen molar-refractivity contribution in [3.05, 3.63) is 52.3 Å². The monoisotopic (exact) mass is 335 g/mol. The van der Waals surface area contributed by atoms with Crippen LogP contribution in [0.25, 0.3) is 11.1 Å². The van der Waals surface area contributed by atoms with Gasteiger partial charge in [0.15, 0.2) is 11.6 Å². The van der Waals surface area contributed by atoms with Crippen molar-refractivity contribution in [2.75, 3.05) is 13.2 Å². The maximum atomic E-state index is 13.8. The molecule has 2 N–H and O–H groups in total. The van der Waals surface area contributed by atoms with E-state index >= 15 is 0 Å². The van der Waals surface area contributed by atoms with E-state index in [1.54, 1.807) is 30.3 Å². The highest BCUT2D eigenvalue weighted by molar-refractivity contribution is 6.42. The lowest BCUT2D eigenvalue weighted by Crippen LogP contribution is -2.11. The average Bonchev–Trinajstić information content (AvgIpc) is 2.40. The van der Waals surface area contributed by atoms with E-state index in [4.69, 9.17) is 33.7 Å². The molecule has 0 unspecified atom stereocenters. The normalized spacial score (nSPS) is 10.0. The molecule has 0 amide bonds. The van der Waals surface area contributed by atoms with Gasteiger partial charge in [-0.1, -0.05) is 35.3 Å². The summed E-state index contributed by atoms with van der Waals surface area (Å²) in [6, 6.07) is 9.88. The van der Waals surface area contributed by atoms with Gasteiger partial charge in [-0.2, -0.15) is 0 Å². The Balaban J connectivity index is 0.00000200. The van der Waals surface area contributed by atoms with Crippen molar-refractivity contribution in [3.63, 3.8) is 0 Å². The zero-order valence-corrected chi connectivity index (χ0v) is 12.7. The van der Waals surface area contributed by atoms with Crippen molar-refractivity contribution in [1.29, 1.82) is 0 Å². The smallest absolute Gasteiger partial charge is 0.165 e. The summed E-state index contributed by atoms with van der Waals surface area (Å²) < 4.78 is 19.0. The van der Waals surface area contributed by atoms with Gasteiger partial charge < -0.3 is 10.5 Å². The quantitative estimate of drug-likeness (QED) is 0.888. The lowest BCUT2D eigenvalue weighted by atomic mass is 10.1. The topological polar surface area (TPSA) is 35.2 Å². The van der Waals surface area contributed by atoms with E-state index < -0.39 is 5.82 Å². The number of rotatable bonds is 4. The minimum atomic E-state index is -0.433. The molecule has 0 atom stereocenters. The third-order valence-electron chi connectivity index (χ3n) is 2.56. The van der Waals surface area contributed by atoms with Crippen molar-refractivity contribution in [2.24, 2.45) is 5.73 Å². The van der Waals surface area contributed by atoms with Crippen LogP contribution in [0.2, 0.25) is 10.0 Å². The molecule has 0 aliphatic heterocycles. The standard InChI is InChI=1S/C14H12Cl2FNO.ClH/c15-11-3-1-9(7-12(11)16)10-2-4-14(13(17)8-10)19-6-5-18;/h1-4,7-8H,5-6,18H2;1H. The van der Waals surface area contributed by atoms with Gasteiger partial charge in [-0.3, -0.25) is 0 Å². The second-order valence-electron chi connectivity index (χ2n) is 3.91. The van der Waals surface area contributed by atoms with Gasteiger partial charge in [0, 0.05) is 6.54 Å². The van der Waals surface area contributed by atoms with Crippen LogP contribution in [0.3, 0.4) is 0 Å². The highest BCUT2D eigenvalue weighted by Gasteiger charge is 2.07. The third-order valence-corrected chi connectivity index (χ3v) is 3.30. The van der Waals surface area contributed by atoms with E-state index in [1.165, 1.54) is 6.07 Å². The molecule has 2 nitrogen and oxygen atoms in total. The lowest BCUT2D eigenvalue weighted by molar-refractivity contribution is 0.311. The molecule has 108 valence electrons. The molecule has 20 heavy (non-hydrogen) atoms. The molecule has 0 aliphatic rings. The Morgan fingerprint density at radius 3 is 2.25 bits per heavy atom. The second kappa shape index (κ2) is 7.70. The molecule has 0 saturated carbocycles. The van der Waals surface area contributed by atoms with Gasteiger partial charge in [-0.05, 0) is 35.4 Å². The molecule has 0 aromatic heterocycles. The predicted octanol–water partition coefficient (Wildman–Crippen LogP) is 4.56. The van der Waals surface area contributed by atoms with E-state index in [0.717, 1.165) is 5.56 Å². The zero-order chi connectivity index (χ0) is 13.8.